The molecule has 2 aliphatic rings. The largest absolute Gasteiger partial charge is 0.332 e. The second-order valence-corrected chi connectivity index (χ2v) is 7.55. The zero-order valence-corrected chi connectivity index (χ0v) is 14.9. The average Bonchev–Trinajstić information content (AvgIpc) is 3.32. The van der Waals surface area contributed by atoms with E-state index in [4.69, 9.17) is 0 Å². The summed E-state index contributed by atoms with van der Waals surface area (Å²) in [6, 6.07) is 8.34. The fourth-order valence-corrected chi connectivity index (χ4v) is 3.72. The van der Waals surface area contributed by atoms with Gasteiger partial charge in [-0.1, -0.05) is 29.8 Å². The highest BCUT2D eigenvalue weighted by Gasteiger charge is 2.32. The van der Waals surface area contributed by atoms with E-state index in [2.05, 4.69) is 46.0 Å². The molecule has 0 spiro atoms. The van der Waals surface area contributed by atoms with Crippen LogP contribution >= 0.6 is 0 Å². The summed E-state index contributed by atoms with van der Waals surface area (Å²) < 4.78 is 2.18. The molecule has 0 bridgehead atoms. The molecule has 1 aromatic carbocycles. The summed E-state index contributed by atoms with van der Waals surface area (Å²) in [6.07, 6.45) is 8.13. The van der Waals surface area contributed by atoms with Crippen LogP contribution in [0.15, 0.2) is 30.6 Å². The van der Waals surface area contributed by atoms with Crippen LogP contribution in [0.5, 0.6) is 0 Å². The molecule has 1 unspecified atom stereocenters. The first-order valence-electron chi connectivity index (χ1n) is 9.43. The second-order valence-electron chi connectivity index (χ2n) is 7.55. The lowest BCUT2D eigenvalue weighted by atomic mass is 9.99. The first kappa shape index (κ1) is 16.3. The Kier molecular flexibility index (Phi) is 4.55. The Labute approximate surface area is 149 Å². The average molecular weight is 338 g/mol. The second kappa shape index (κ2) is 6.98. The maximum Gasteiger partial charge on any atom is 0.227 e. The zero-order chi connectivity index (χ0) is 17.2. The number of carbonyl (C=O) groups is 1. The highest BCUT2D eigenvalue weighted by Crippen LogP contribution is 2.34. The maximum atomic E-state index is 13.0. The van der Waals surface area contributed by atoms with Crippen molar-refractivity contribution in [2.24, 2.45) is 5.92 Å². The van der Waals surface area contributed by atoms with Gasteiger partial charge in [0.2, 0.25) is 5.91 Å². The topological polar surface area (TPSA) is 51.0 Å². The molecule has 1 amide bonds. The van der Waals surface area contributed by atoms with Crippen molar-refractivity contribution in [2.45, 2.75) is 58.0 Å². The number of carbonyl (C=O) groups excluding carboxylic acids is 1. The van der Waals surface area contributed by atoms with Gasteiger partial charge in [-0.15, -0.1) is 10.2 Å². The van der Waals surface area contributed by atoms with Crippen molar-refractivity contribution in [1.82, 2.24) is 19.7 Å². The molecule has 5 nitrogen and oxygen atoms in total. The van der Waals surface area contributed by atoms with E-state index < -0.39 is 0 Å². The van der Waals surface area contributed by atoms with Crippen LogP contribution in [0.4, 0.5) is 0 Å². The third-order valence-corrected chi connectivity index (χ3v) is 5.39. The van der Waals surface area contributed by atoms with Crippen LogP contribution in [0.3, 0.4) is 0 Å². The van der Waals surface area contributed by atoms with Crippen LogP contribution in [0.2, 0.25) is 0 Å². The lowest BCUT2D eigenvalue weighted by Crippen LogP contribution is -2.40. The highest BCUT2D eigenvalue weighted by atomic mass is 16.2. The number of hydrogen-bond acceptors (Lipinski definition) is 3. The van der Waals surface area contributed by atoms with E-state index in [1.165, 1.54) is 18.4 Å². The normalized spacial score (nSPS) is 20.7. The number of hydrogen-bond donors (Lipinski definition) is 0. The first-order valence-corrected chi connectivity index (χ1v) is 9.43. The van der Waals surface area contributed by atoms with Crippen molar-refractivity contribution in [3.8, 4) is 0 Å². The van der Waals surface area contributed by atoms with E-state index in [0.29, 0.717) is 6.42 Å². The molecule has 0 N–H and O–H groups in total. The summed E-state index contributed by atoms with van der Waals surface area (Å²) in [7, 11) is 0. The lowest BCUT2D eigenvalue weighted by molar-refractivity contribution is -0.134. The Morgan fingerprint density at radius 3 is 2.72 bits per heavy atom. The van der Waals surface area contributed by atoms with Crippen molar-refractivity contribution < 1.29 is 4.79 Å². The highest BCUT2D eigenvalue weighted by molar-refractivity contribution is 5.79. The van der Waals surface area contributed by atoms with Crippen LogP contribution in [-0.2, 0) is 17.8 Å². The van der Waals surface area contributed by atoms with Crippen molar-refractivity contribution >= 4 is 5.91 Å². The summed E-state index contributed by atoms with van der Waals surface area (Å²) in [6.45, 7) is 3.89. The van der Waals surface area contributed by atoms with E-state index in [-0.39, 0.29) is 11.9 Å². The predicted octanol–water partition coefficient (Wildman–Crippen LogP) is 3.29. The molecule has 2 fully saturated rings. The van der Waals surface area contributed by atoms with Gasteiger partial charge in [0.1, 0.15) is 6.33 Å². The van der Waals surface area contributed by atoms with Crippen molar-refractivity contribution in [1.29, 1.82) is 0 Å². The van der Waals surface area contributed by atoms with Gasteiger partial charge in [0, 0.05) is 13.1 Å². The summed E-state index contributed by atoms with van der Waals surface area (Å²) in [5.74, 6) is 1.95. The number of aromatic nitrogens is 3. The molecule has 1 atom stereocenters. The molecule has 5 heteroatoms. The molecular formula is C20H26N4O. The molecule has 1 aliphatic heterocycles. The molecule has 2 heterocycles. The van der Waals surface area contributed by atoms with E-state index in [1.54, 1.807) is 0 Å². The van der Waals surface area contributed by atoms with Crippen LogP contribution in [-0.4, -0.2) is 32.1 Å². The van der Waals surface area contributed by atoms with Gasteiger partial charge in [0.05, 0.1) is 12.5 Å². The minimum atomic E-state index is 0.0768. The SMILES string of the molecule is Cc1ccc(CC(=O)N2CCCCC2c2nncn2CC2CC2)cc1. The van der Waals surface area contributed by atoms with Gasteiger partial charge in [-0.2, -0.15) is 0 Å². The van der Waals surface area contributed by atoms with Gasteiger partial charge in [-0.3, -0.25) is 4.79 Å². The predicted molar refractivity (Wildman–Crippen MR) is 95.9 cm³/mol. The molecule has 2 aromatic rings. The fraction of sp³-hybridized carbons (Fsp3) is 0.550. The van der Waals surface area contributed by atoms with Gasteiger partial charge >= 0.3 is 0 Å². The van der Waals surface area contributed by atoms with Gasteiger partial charge in [-0.05, 0) is 50.5 Å². The summed E-state index contributed by atoms with van der Waals surface area (Å²) >= 11 is 0. The van der Waals surface area contributed by atoms with Gasteiger partial charge < -0.3 is 9.47 Å². The number of piperidine rings is 1. The molecule has 4 rings (SSSR count). The van der Waals surface area contributed by atoms with E-state index in [1.807, 2.05) is 11.2 Å². The van der Waals surface area contributed by atoms with E-state index in [0.717, 1.165) is 49.7 Å². The van der Waals surface area contributed by atoms with Gasteiger partial charge in [-0.25, -0.2) is 0 Å². The van der Waals surface area contributed by atoms with Crippen molar-refractivity contribution in [3.63, 3.8) is 0 Å². The molecule has 1 aliphatic carbocycles. The number of aryl methyl sites for hydroxylation is 1. The lowest BCUT2D eigenvalue weighted by Gasteiger charge is -2.35. The third kappa shape index (κ3) is 3.75. The standard InChI is InChI=1S/C20H26N4O/c1-15-5-7-16(8-6-15)12-19(25)24-11-3-2-4-18(24)20-22-21-14-23(20)13-17-9-10-17/h5-8,14,17-18H,2-4,9-13H2,1H3. The minimum Gasteiger partial charge on any atom is -0.332 e. The zero-order valence-electron chi connectivity index (χ0n) is 14.9. The summed E-state index contributed by atoms with van der Waals surface area (Å²) in [4.78, 5) is 15.0. The molecule has 0 radical (unpaired) electrons. The molecule has 1 aromatic heterocycles. The monoisotopic (exact) mass is 338 g/mol. The number of amides is 1. The Hall–Kier alpha value is -2.17. The van der Waals surface area contributed by atoms with E-state index >= 15 is 0 Å². The number of benzene rings is 1. The van der Waals surface area contributed by atoms with Crippen LogP contribution in [0, 0.1) is 12.8 Å². The quantitative estimate of drug-likeness (QED) is 0.840. The Morgan fingerprint density at radius 1 is 1.16 bits per heavy atom. The Morgan fingerprint density at radius 2 is 1.96 bits per heavy atom. The number of nitrogens with zero attached hydrogens (tertiary/aromatic N) is 4. The fourth-order valence-electron chi connectivity index (χ4n) is 3.72. The smallest absolute Gasteiger partial charge is 0.227 e. The van der Waals surface area contributed by atoms with E-state index in [9.17, 15) is 4.79 Å². The minimum absolute atomic E-state index is 0.0768. The van der Waals surface area contributed by atoms with Gasteiger partial charge in [0.15, 0.2) is 5.82 Å². The molecular weight excluding hydrogens is 312 g/mol. The molecule has 132 valence electrons. The molecule has 1 saturated heterocycles. The summed E-state index contributed by atoms with van der Waals surface area (Å²) in [5, 5.41) is 8.53. The van der Waals surface area contributed by atoms with Crippen molar-refractivity contribution in [2.75, 3.05) is 6.54 Å². The van der Waals surface area contributed by atoms with Crippen LogP contribution in [0.1, 0.15) is 55.1 Å². The third-order valence-electron chi connectivity index (χ3n) is 5.39. The summed E-state index contributed by atoms with van der Waals surface area (Å²) in [5.41, 5.74) is 2.31. The molecule has 25 heavy (non-hydrogen) atoms. The maximum absolute atomic E-state index is 13.0. The van der Waals surface area contributed by atoms with Crippen LogP contribution < -0.4 is 0 Å². The Bertz CT molecular complexity index is 732. The Balaban J connectivity index is 1.51. The first-order chi connectivity index (χ1) is 12.2. The number of likely N-dealkylation sites (tertiary alicyclic amines) is 1. The van der Waals surface area contributed by atoms with Crippen molar-refractivity contribution in [3.05, 3.63) is 47.5 Å². The van der Waals surface area contributed by atoms with Gasteiger partial charge in [0.25, 0.3) is 0 Å². The number of rotatable bonds is 5. The van der Waals surface area contributed by atoms with Crippen LogP contribution in [0.25, 0.3) is 0 Å². The molecule has 1 saturated carbocycles.